The molecule has 53 heavy (non-hydrogen) atoms. The van der Waals surface area contributed by atoms with Gasteiger partial charge in [0.2, 0.25) is 0 Å². The number of aliphatic hydroxyl groups is 15. The maximum absolute atomic E-state index is 11.0. The quantitative estimate of drug-likeness (QED) is 0.0925. The average Bonchev–Trinajstić information content (AvgIpc) is 3.14. The van der Waals surface area contributed by atoms with E-state index in [9.17, 15) is 76.6 Å². The van der Waals surface area contributed by atoms with Crippen molar-refractivity contribution in [3.05, 3.63) is 0 Å². The van der Waals surface area contributed by atoms with Crippen LogP contribution in [0.2, 0.25) is 0 Å². The van der Waals surface area contributed by atoms with Gasteiger partial charge in [0, 0.05) is 0 Å². The SMILES string of the molecule is C[C@@H]1O[C@H](O)[C@H](O)[C@H](O)[C@H]1O[C@@H]1OC[C@H](O[C@H]2O[C@H](CO)[C@H](O[C@@H]3O[C@H](CO)[C@H](O[C@H]4O[C@H](CO)[C@H](O)[C@@H](O)[C@H]4O)[C@H](O)[C@H]3O)[C@@H](O)[C@H]2O)[C@H](O)[C@H]1O. The van der Waals surface area contributed by atoms with Crippen LogP contribution in [0.4, 0.5) is 0 Å². The largest absolute Gasteiger partial charge is 0.394 e. The number of hydrogen-bond donors (Lipinski definition) is 15. The second kappa shape index (κ2) is 18.1. The van der Waals surface area contributed by atoms with Gasteiger partial charge in [-0.2, -0.15) is 0 Å². The molecule has 0 aliphatic carbocycles. The van der Waals surface area contributed by atoms with Gasteiger partial charge in [-0.3, -0.25) is 0 Å². The predicted octanol–water partition coefficient (Wildman–Crippen LogP) is -10.3. The highest BCUT2D eigenvalue weighted by Gasteiger charge is 2.55. The van der Waals surface area contributed by atoms with E-state index in [1.807, 2.05) is 0 Å². The summed E-state index contributed by atoms with van der Waals surface area (Å²) in [6, 6.07) is 0. The van der Waals surface area contributed by atoms with Crippen LogP contribution in [0.25, 0.3) is 0 Å². The Kier molecular flexibility index (Phi) is 14.7. The molecule has 0 saturated carbocycles. The van der Waals surface area contributed by atoms with Gasteiger partial charge < -0.3 is 119 Å². The Hall–Kier alpha value is -0.960. The van der Waals surface area contributed by atoms with Crippen molar-refractivity contribution in [1.29, 1.82) is 0 Å². The molecular weight excluding hydrogens is 732 g/mol. The van der Waals surface area contributed by atoms with Crippen LogP contribution in [0.1, 0.15) is 6.92 Å². The normalized spacial score (nSPS) is 54.1. The van der Waals surface area contributed by atoms with E-state index in [0.717, 1.165) is 0 Å². The van der Waals surface area contributed by atoms with Gasteiger partial charge in [-0.25, -0.2) is 0 Å². The summed E-state index contributed by atoms with van der Waals surface area (Å²) in [6.07, 6.45) is -40.8. The Morgan fingerprint density at radius 3 is 1.34 bits per heavy atom. The van der Waals surface area contributed by atoms with Gasteiger partial charge in [-0.1, -0.05) is 0 Å². The zero-order valence-corrected chi connectivity index (χ0v) is 28.1. The molecule has 24 heteroatoms. The number of hydrogen-bond acceptors (Lipinski definition) is 24. The third kappa shape index (κ3) is 8.81. The fourth-order valence-corrected chi connectivity index (χ4v) is 6.70. The van der Waals surface area contributed by atoms with E-state index in [1.165, 1.54) is 6.92 Å². The van der Waals surface area contributed by atoms with Crippen LogP contribution in [0.5, 0.6) is 0 Å². The molecule has 0 aromatic carbocycles. The standard InChI is InChI=1S/C29H50O24/c1-6-22(14(36)17(39)25(44)46-6)51-26-18(40)12(34)10(5-45-26)50-27-20(42)15(37)23(8(3-31)48-27)53-29-21(43)16(38)24(9(4-32)49-29)52-28-19(41)13(35)11(33)7(2-30)47-28/h6-44H,2-5H2,1H3/t6-,7+,8+,9+,10-,11-,12-,13+,14-,15-,16+,17+,18+,19+,20+,21+,22-,23-,24-,25-,26-,27+,28+,29-/m0/s1. The first-order valence-electron chi connectivity index (χ1n) is 16.9. The van der Waals surface area contributed by atoms with Crippen molar-refractivity contribution >= 4 is 0 Å². The summed E-state index contributed by atoms with van der Waals surface area (Å²) in [5.41, 5.74) is 0. The van der Waals surface area contributed by atoms with Crippen molar-refractivity contribution < 1.29 is 119 Å². The monoisotopic (exact) mass is 782 g/mol. The fourth-order valence-electron chi connectivity index (χ4n) is 6.70. The van der Waals surface area contributed by atoms with Crippen molar-refractivity contribution in [1.82, 2.24) is 0 Å². The first-order valence-corrected chi connectivity index (χ1v) is 16.9. The highest BCUT2D eigenvalue weighted by molar-refractivity contribution is 4.97. The molecule has 5 heterocycles. The minimum absolute atomic E-state index is 0.520. The van der Waals surface area contributed by atoms with Gasteiger partial charge in [0.25, 0.3) is 0 Å². The lowest BCUT2D eigenvalue weighted by molar-refractivity contribution is -0.386. The van der Waals surface area contributed by atoms with Crippen LogP contribution >= 0.6 is 0 Å². The summed E-state index contributed by atoms with van der Waals surface area (Å²) in [4.78, 5) is 0. The molecule has 0 radical (unpaired) electrons. The molecule has 5 rings (SSSR count). The summed E-state index contributed by atoms with van der Waals surface area (Å²) >= 11 is 0. The lowest BCUT2D eigenvalue weighted by Gasteiger charge is -2.48. The van der Waals surface area contributed by atoms with Crippen LogP contribution in [0.3, 0.4) is 0 Å². The van der Waals surface area contributed by atoms with Crippen LogP contribution in [0.15, 0.2) is 0 Å². The third-order valence-corrected chi connectivity index (χ3v) is 9.90. The van der Waals surface area contributed by atoms with Gasteiger partial charge >= 0.3 is 0 Å². The van der Waals surface area contributed by atoms with Crippen LogP contribution in [-0.4, -0.2) is 250 Å². The summed E-state index contributed by atoms with van der Waals surface area (Å²) < 4.78 is 49.1. The highest BCUT2D eigenvalue weighted by Crippen LogP contribution is 2.34. The number of ether oxygens (including phenoxy) is 9. The Balaban J connectivity index is 1.18. The van der Waals surface area contributed by atoms with Gasteiger partial charge in [0.05, 0.1) is 32.5 Å². The molecule has 5 aliphatic heterocycles. The van der Waals surface area contributed by atoms with E-state index in [4.69, 9.17) is 42.6 Å². The van der Waals surface area contributed by atoms with Gasteiger partial charge in [-0.05, 0) is 6.92 Å². The molecule has 5 fully saturated rings. The smallest absolute Gasteiger partial charge is 0.187 e. The third-order valence-electron chi connectivity index (χ3n) is 9.90. The minimum Gasteiger partial charge on any atom is -0.394 e. The second-order valence-electron chi connectivity index (χ2n) is 13.5. The van der Waals surface area contributed by atoms with Crippen molar-refractivity contribution in [3.63, 3.8) is 0 Å². The highest BCUT2D eigenvalue weighted by atomic mass is 16.8. The molecule has 0 unspecified atom stereocenters. The van der Waals surface area contributed by atoms with Crippen molar-refractivity contribution in [3.8, 4) is 0 Å². The minimum atomic E-state index is -2.03. The lowest BCUT2D eigenvalue weighted by atomic mass is 9.96. The van der Waals surface area contributed by atoms with E-state index in [2.05, 4.69) is 0 Å². The van der Waals surface area contributed by atoms with E-state index >= 15 is 0 Å². The Bertz CT molecular complexity index is 1140. The summed E-state index contributed by atoms with van der Waals surface area (Å²) in [7, 11) is 0. The zero-order valence-electron chi connectivity index (χ0n) is 28.1. The topological polar surface area (TPSA) is 387 Å². The fraction of sp³-hybridized carbons (Fsp3) is 1.00. The molecule has 0 bridgehead atoms. The van der Waals surface area contributed by atoms with E-state index < -0.39 is 174 Å². The zero-order chi connectivity index (χ0) is 39.0. The molecule has 5 aliphatic rings. The van der Waals surface area contributed by atoms with Crippen molar-refractivity contribution in [2.75, 3.05) is 26.4 Å². The van der Waals surface area contributed by atoms with Crippen LogP contribution in [0, 0.1) is 0 Å². The summed E-state index contributed by atoms with van der Waals surface area (Å²) in [6.45, 7) is -1.71. The van der Waals surface area contributed by atoms with E-state index in [-0.39, 0.29) is 0 Å². The van der Waals surface area contributed by atoms with Crippen molar-refractivity contribution in [2.45, 2.75) is 154 Å². The Morgan fingerprint density at radius 1 is 0.415 bits per heavy atom. The summed E-state index contributed by atoms with van der Waals surface area (Å²) in [5.74, 6) is 0. The first-order chi connectivity index (χ1) is 25.0. The van der Waals surface area contributed by atoms with E-state index in [0.29, 0.717) is 0 Å². The molecule has 0 spiro atoms. The average molecular weight is 783 g/mol. The van der Waals surface area contributed by atoms with E-state index in [1.54, 1.807) is 0 Å². The predicted molar refractivity (Wildman–Crippen MR) is 159 cm³/mol. The van der Waals surface area contributed by atoms with Crippen molar-refractivity contribution in [2.24, 2.45) is 0 Å². The molecule has 310 valence electrons. The van der Waals surface area contributed by atoms with Gasteiger partial charge in [0.1, 0.15) is 110 Å². The molecular formula is C29H50O24. The summed E-state index contributed by atoms with van der Waals surface area (Å²) in [5, 5.41) is 155. The molecule has 15 N–H and O–H groups in total. The maximum Gasteiger partial charge on any atom is 0.187 e. The number of rotatable bonds is 11. The molecule has 0 amide bonds. The molecule has 0 aromatic heterocycles. The van der Waals surface area contributed by atoms with Gasteiger partial charge in [0.15, 0.2) is 31.5 Å². The first kappa shape index (κ1) is 43.2. The molecule has 24 atom stereocenters. The molecule has 0 aromatic rings. The Labute approximate surface area is 300 Å². The second-order valence-corrected chi connectivity index (χ2v) is 13.5. The number of aliphatic hydroxyl groups excluding tert-OH is 15. The van der Waals surface area contributed by atoms with Crippen LogP contribution in [-0.2, 0) is 42.6 Å². The molecule has 24 nitrogen and oxygen atoms in total. The van der Waals surface area contributed by atoms with Gasteiger partial charge in [-0.15, -0.1) is 0 Å². The lowest BCUT2D eigenvalue weighted by Crippen LogP contribution is -2.67. The maximum atomic E-state index is 11.0. The van der Waals surface area contributed by atoms with Crippen LogP contribution < -0.4 is 0 Å². The Morgan fingerprint density at radius 2 is 0.830 bits per heavy atom. The molecule has 5 saturated heterocycles.